The van der Waals surface area contributed by atoms with E-state index in [0.29, 0.717) is 6.04 Å². The van der Waals surface area contributed by atoms with Gasteiger partial charge in [0, 0.05) is 32.2 Å². The van der Waals surface area contributed by atoms with Crippen molar-refractivity contribution in [2.24, 2.45) is 0 Å². The fourth-order valence-electron chi connectivity index (χ4n) is 1.50. The summed E-state index contributed by atoms with van der Waals surface area (Å²) in [6, 6.07) is 0.614. The van der Waals surface area contributed by atoms with Crippen molar-refractivity contribution in [3.63, 3.8) is 0 Å². The first-order valence-electron chi connectivity index (χ1n) is 6.00. The standard InChI is InChI=1S/C9H17N3O.C2H6/c1-11-4-6-12(7-5-11)9(13)10-8-2-3-8;1-2/h8H,2-7H2,1H3,(H,10,13);1-2H3. The molecule has 0 aromatic rings. The quantitative estimate of drug-likeness (QED) is 0.709. The molecule has 2 rings (SSSR count). The number of likely N-dealkylation sites (N-methyl/N-ethyl adjacent to an activating group) is 1. The molecule has 2 fully saturated rings. The first-order valence-corrected chi connectivity index (χ1v) is 6.00. The number of amides is 2. The minimum atomic E-state index is 0.135. The molecule has 1 aliphatic carbocycles. The highest BCUT2D eigenvalue weighted by atomic mass is 16.2. The molecular formula is C11H23N3O. The van der Waals surface area contributed by atoms with Crippen molar-refractivity contribution >= 4 is 6.03 Å². The molecule has 0 spiro atoms. The van der Waals surface area contributed by atoms with Crippen LogP contribution in [0.1, 0.15) is 26.7 Å². The lowest BCUT2D eigenvalue weighted by Crippen LogP contribution is -2.51. The van der Waals surface area contributed by atoms with Crippen molar-refractivity contribution < 1.29 is 4.79 Å². The first kappa shape index (κ1) is 12.3. The number of piperazine rings is 1. The zero-order valence-electron chi connectivity index (χ0n) is 10.1. The van der Waals surface area contributed by atoms with Crippen molar-refractivity contribution in [1.82, 2.24) is 15.1 Å². The summed E-state index contributed by atoms with van der Waals surface area (Å²) in [5.74, 6) is 0. The molecule has 1 N–H and O–H groups in total. The van der Waals surface area contributed by atoms with E-state index in [1.165, 1.54) is 12.8 Å². The van der Waals surface area contributed by atoms with Gasteiger partial charge in [0.2, 0.25) is 0 Å². The third-order valence-electron chi connectivity index (χ3n) is 2.70. The van der Waals surface area contributed by atoms with Crippen LogP contribution in [0.15, 0.2) is 0 Å². The van der Waals surface area contributed by atoms with Crippen LogP contribution in [0.5, 0.6) is 0 Å². The van der Waals surface area contributed by atoms with Gasteiger partial charge in [0.05, 0.1) is 0 Å². The Kier molecular flexibility index (Phi) is 4.88. The van der Waals surface area contributed by atoms with Gasteiger partial charge in [0.15, 0.2) is 0 Å². The van der Waals surface area contributed by atoms with Gasteiger partial charge in [-0.05, 0) is 19.9 Å². The topological polar surface area (TPSA) is 35.6 Å². The molecule has 0 radical (unpaired) electrons. The van der Waals surface area contributed by atoms with E-state index in [4.69, 9.17) is 0 Å². The summed E-state index contributed by atoms with van der Waals surface area (Å²) >= 11 is 0. The number of hydrogen-bond donors (Lipinski definition) is 1. The predicted molar refractivity (Wildman–Crippen MR) is 62.0 cm³/mol. The average molecular weight is 213 g/mol. The number of carbonyl (C=O) groups excluding carboxylic acids is 1. The summed E-state index contributed by atoms with van der Waals surface area (Å²) in [7, 11) is 2.09. The second kappa shape index (κ2) is 5.95. The van der Waals surface area contributed by atoms with E-state index in [0.717, 1.165) is 26.2 Å². The molecule has 1 heterocycles. The van der Waals surface area contributed by atoms with Crippen molar-refractivity contribution in [2.75, 3.05) is 33.2 Å². The minimum Gasteiger partial charge on any atom is -0.335 e. The number of carbonyl (C=O) groups is 1. The molecule has 1 saturated heterocycles. The highest BCUT2D eigenvalue weighted by Crippen LogP contribution is 2.19. The smallest absolute Gasteiger partial charge is 0.317 e. The first-order chi connectivity index (χ1) is 7.25. The van der Waals surface area contributed by atoms with Gasteiger partial charge in [-0.2, -0.15) is 0 Å². The largest absolute Gasteiger partial charge is 0.335 e. The fourth-order valence-corrected chi connectivity index (χ4v) is 1.50. The third-order valence-corrected chi connectivity index (χ3v) is 2.70. The highest BCUT2D eigenvalue weighted by Gasteiger charge is 2.26. The maximum Gasteiger partial charge on any atom is 0.317 e. The molecule has 1 saturated carbocycles. The van der Waals surface area contributed by atoms with Gasteiger partial charge in [-0.25, -0.2) is 4.79 Å². The van der Waals surface area contributed by atoms with Crippen molar-refractivity contribution in [2.45, 2.75) is 32.7 Å². The van der Waals surface area contributed by atoms with Crippen LogP contribution >= 0.6 is 0 Å². The van der Waals surface area contributed by atoms with E-state index in [9.17, 15) is 4.79 Å². The Morgan fingerprint density at radius 2 is 1.67 bits per heavy atom. The van der Waals surface area contributed by atoms with Crippen LogP contribution in [0.2, 0.25) is 0 Å². The maximum absolute atomic E-state index is 11.6. The maximum atomic E-state index is 11.6. The summed E-state index contributed by atoms with van der Waals surface area (Å²) in [5, 5.41) is 3.01. The predicted octanol–water partition coefficient (Wildman–Crippen LogP) is 1.13. The monoisotopic (exact) mass is 213 g/mol. The highest BCUT2D eigenvalue weighted by molar-refractivity contribution is 5.75. The summed E-state index contributed by atoms with van der Waals surface area (Å²) < 4.78 is 0. The van der Waals surface area contributed by atoms with Gasteiger partial charge in [0.1, 0.15) is 0 Å². The van der Waals surface area contributed by atoms with Gasteiger partial charge in [-0.3, -0.25) is 0 Å². The molecule has 0 aromatic carbocycles. The summed E-state index contributed by atoms with van der Waals surface area (Å²) in [6.07, 6.45) is 2.33. The minimum absolute atomic E-state index is 0.135. The second-order valence-electron chi connectivity index (χ2n) is 4.01. The number of urea groups is 1. The van der Waals surface area contributed by atoms with Gasteiger partial charge >= 0.3 is 6.03 Å². The number of hydrogen-bond acceptors (Lipinski definition) is 2. The molecule has 2 amide bonds. The Hall–Kier alpha value is -0.770. The summed E-state index contributed by atoms with van der Waals surface area (Å²) in [5.41, 5.74) is 0. The van der Waals surface area contributed by atoms with Crippen LogP contribution in [-0.4, -0.2) is 55.1 Å². The lowest BCUT2D eigenvalue weighted by Gasteiger charge is -2.32. The van der Waals surface area contributed by atoms with Crippen LogP contribution in [0.25, 0.3) is 0 Å². The van der Waals surface area contributed by atoms with E-state index in [2.05, 4.69) is 17.3 Å². The van der Waals surface area contributed by atoms with Gasteiger partial charge < -0.3 is 15.1 Å². The Balaban J connectivity index is 0.000000531. The van der Waals surface area contributed by atoms with E-state index >= 15 is 0 Å². The molecule has 0 aromatic heterocycles. The molecule has 0 atom stereocenters. The van der Waals surface area contributed by atoms with Crippen molar-refractivity contribution in [3.05, 3.63) is 0 Å². The SMILES string of the molecule is CC.CN1CCN(C(=O)NC2CC2)CC1. The van der Waals surface area contributed by atoms with Crippen molar-refractivity contribution in [3.8, 4) is 0 Å². The van der Waals surface area contributed by atoms with Crippen LogP contribution < -0.4 is 5.32 Å². The molecule has 0 bridgehead atoms. The Labute approximate surface area is 92.6 Å². The van der Waals surface area contributed by atoms with Crippen LogP contribution in [0, 0.1) is 0 Å². The molecule has 4 nitrogen and oxygen atoms in total. The molecule has 15 heavy (non-hydrogen) atoms. The molecule has 4 heteroatoms. The van der Waals surface area contributed by atoms with Crippen LogP contribution in [0.3, 0.4) is 0 Å². The van der Waals surface area contributed by atoms with Crippen LogP contribution in [0.4, 0.5) is 4.79 Å². The third kappa shape index (κ3) is 4.08. The van der Waals surface area contributed by atoms with E-state index in [1.54, 1.807) is 0 Å². The lowest BCUT2D eigenvalue weighted by atomic mass is 10.3. The van der Waals surface area contributed by atoms with Gasteiger partial charge in [-0.1, -0.05) is 13.8 Å². The van der Waals surface area contributed by atoms with Gasteiger partial charge in [-0.15, -0.1) is 0 Å². The molecule has 88 valence electrons. The van der Waals surface area contributed by atoms with Gasteiger partial charge in [0.25, 0.3) is 0 Å². The van der Waals surface area contributed by atoms with Crippen molar-refractivity contribution in [1.29, 1.82) is 0 Å². The molecule has 1 aliphatic heterocycles. The summed E-state index contributed by atoms with van der Waals surface area (Å²) in [4.78, 5) is 15.7. The Bertz CT molecular complexity index is 196. The number of rotatable bonds is 1. The Morgan fingerprint density at radius 1 is 1.13 bits per heavy atom. The van der Waals surface area contributed by atoms with E-state index in [1.807, 2.05) is 18.7 Å². The zero-order valence-corrected chi connectivity index (χ0v) is 10.1. The molecule has 0 unspecified atom stereocenters. The Morgan fingerprint density at radius 3 is 2.13 bits per heavy atom. The van der Waals surface area contributed by atoms with Crippen LogP contribution in [-0.2, 0) is 0 Å². The molecular weight excluding hydrogens is 190 g/mol. The second-order valence-corrected chi connectivity index (χ2v) is 4.01. The lowest BCUT2D eigenvalue weighted by molar-refractivity contribution is 0.154. The summed E-state index contributed by atoms with van der Waals surface area (Å²) in [6.45, 7) is 7.74. The fraction of sp³-hybridized carbons (Fsp3) is 0.909. The van der Waals surface area contributed by atoms with E-state index in [-0.39, 0.29) is 6.03 Å². The molecule has 2 aliphatic rings. The number of nitrogens with zero attached hydrogens (tertiary/aromatic N) is 2. The number of nitrogens with one attached hydrogen (secondary N) is 1. The van der Waals surface area contributed by atoms with E-state index < -0.39 is 0 Å². The average Bonchev–Trinajstić information content (AvgIpc) is 3.06. The zero-order chi connectivity index (χ0) is 11.3. The normalized spacial score (nSPS) is 21.7.